The average Bonchev–Trinajstić information content (AvgIpc) is 3.58. The molecule has 1 aliphatic heterocycles. The molecule has 2 heterocycles. The molecule has 4 rings (SSSR count). The maximum absolute atomic E-state index is 13.2. The van der Waals surface area contributed by atoms with Crippen LogP contribution >= 0.6 is 0 Å². The molecule has 9 nitrogen and oxygen atoms in total. The van der Waals surface area contributed by atoms with Crippen LogP contribution < -0.4 is 4.74 Å². The Bertz CT molecular complexity index is 1070. The molecule has 0 bridgehead atoms. The Balaban J connectivity index is 1.52. The van der Waals surface area contributed by atoms with E-state index in [-0.39, 0.29) is 23.4 Å². The van der Waals surface area contributed by atoms with Gasteiger partial charge < -0.3 is 14.4 Å². The molecule has 1 aromatic heterocycles. The van der Waals surface area contributed by atoms with Gasteiger partial charge in [0.2, 0.25) is 15.9 Å². The summed E-state index contributed by atoms with van der Waals surface area (Å²) in [5.74, 6) is 0.707. The second-order valence-electron chi connectivity index (χ2n) is 8.27. The third kappa shape index (κ3) is 4.67. The van der Waals surface area contributed by atoms with E-state index in [4.69, 9.17) is 9.47 Å². The second-order valence-corrected chi connectivity index (χ2v) is 10.1. The molecule has 1 saturated carbocycles. The number of hydrogen-bond donors (Lipinski definition) is 0. The lowest BCUT2D eigenvalue weighted by molar-refractivity contribution is -0.133. The number of amides is 1. The molecule has 2 fully saturated rings. The van der Waals surface area contributed by atoms with E-state index >= 15 is 0 Å². The summed E-state index contributed by atoms with van der Waals surface area (Å²) in [6, 6.07) is 7.90. The summed E-state index contributed by atoms with van der Waals surface area (Å²) in [5, 5.41) is 4.42. The number of benzene rings is 1. The van der Waals surface area contributed by atoms with Gasteiger partial charge in [0.15, 0.2) is 0 Å². The molecule has 1 saturated heterocycles. The van der Waals surface area contributed by atoms with Gasteiger partial charge >= 0.3 is 0 Å². The SMILES string of the molecule is COc1ccc(CN(C(=O)Cn2nc(C)c(S(=O)(=O)N3CCOCC3)c2C)C2CC2)cc1. The average molecular weight is 463 g/mol. The quantitative estimate of drug-likeness (QED) is 0.593. The van der Waals surface area contributed by atoms with Crippen LogP contribution in [0.1, 0.15) is 29.8 Å². The summed E-state index contributed by atoms with van der Waals surface area (Å²) >= 11 is 0. The minimum Gasteiger partial charge on any atom is -0.497 e. The highest BCUT2D eigenvalue weighted by atomic mass is 32.2. The van der Waals surface area contributed by atoms with E-state index in [2.05, 4.69) is 5.10 Å². The van der Waals surface area contributed by atoms with Crippen LogP contribution in [0.15, 0.2) is 29.2 Å². The van der Waals surface area contributed by atoms with Gasteiger partial charge in [-0.25, -0.2) is 8.42 Å². The molecule has 2 aliphatic rings. The zero-order valence-corrected chi connectivity index (χ0v) is 19.6. The predicted molar refractivity (Wildman–Crippen MR) is 118 cm³/mol. The van der Waals surface area contributed by atoms with Crippen molar-refractivity contribution in [3.8, 4) is 5.75 Å². The van der Waals surface area contributed by atoms with Crippen LogP contribution in [0.25, 0.3) is 0 Å². The Labute approximate surface area is 188 Å². The Morgan fingerprint density at radius 3 is 2.44 bits per heavy atom. The highest BCUT2D eigenvalue weighted by Gasteiger charge is 2.35. The normalized spacial score (nSPS) is 17.3. The van der Waals surface area contributed by atoms with Gasteiger partial charge in [-0.15, -0.1) is 0 Å². The smallest absolute Gasteiger partial charge is 0.246 e. The van der Waals surface area contributed by atoms with Crippen LogP contribution in [0.5, 0.6) is 5.75 Å². The number of nitrogens with zero attached hydrogens (tertiary/aromatic N) is 4. The zero-order chi connectivity index (χ0) is 22.9. The van der Waals surface area contributed by atoms with Crippen molar-refractivity contribution in [1.82, 2.24) is 19.0 Å². The Hall–Kier alpha value is -2.43. The van der Waals surface area contributed by atoms with E-state index in [9.17, 15) is 13.2 Å². The van der Waals surface area contributed by atoms with Crippen molar-refractivity contribution in [1.29, 1.82) is 0 Å². The molecule has 174 valence electrons. The van der Waals surface area contributed by atoms with E-state index in [1.807, 2.05) is 29.2 Å². The highest BCUT2D eigenvalue weighted by molar-refractivity contribution is 7.89. The Morgan fingerprint density at radius 2 is 1.84 bits per heavy atom. The molecule has 0 unspecified atom stereocenters. The van der Waals surface area contributed by atoms with Crippen molar-refractivity contribution in [2.75, 3.05) is 33.4 Å². The molecule has 0 atom stereocenters. The summed E-state index contributed by atoms with van der Waals surface area (Å²) in [7, 11) is -2.06. The maximum Gasteiger partial charge on any atom is 0.246 e. The number of methoxy groups -OCH3 is 1. The highest BCUT2D eigenvalue weighted by Crippen LogP contribution is 2.30. The molecule has 1 aromatic carbocycles. The van der Waals surface area contributed by atoms with Crippen molar-refractivity contribution >= 4 is 15.9 Å². The lowest BCUT2D eigenvalue weighted by Crippen LogP contribution is -2.41. The summed E-state index contributed by atoms with van der Waals surface area (Å²) in [4.78, 5) is 15.3. The zero-order valence-electron chi connectivity index (χ0n) is 18.8. The van der Waals surface area contributed by atoms with E-state index in [0.717, 1.165) is 24.2 Å². The third-order valence-electron chi connectivity index (χ3n) is 5.99. The summed E-state index contributed by atoms with van der Waals surface area (Å²) in [6.07, 6.45) is 1.96. The standard InChI is InChI=1S/C22H30N4O5S/c1-16-22(32(28,29)24-10-12-31-13-11-24)17(2)26(23-16)15-21(27)25(19-6-7-19)14-18-4-8-20(30-3)9-5-18/h4-5,8-9,19H,6-7,10-15H2,1-3H3. The van der Waals surface area contributed by atoms with E-state index in [1.165, 1.54) is 8.99 Å². The van der Waals surface area contributed by atoms with Gasteiger partial charge in [-0.05, 0) is 44.4 Å². The number of hydrogen-bond acceptors (Lipinski definition) is 6. The topological polar surface area (TPSA) is 94.0 Å². The maximum atomic E-state index is 13.2. The third-order valence-corrected chi connectivity index (χ3v) is 8.14. The fraction of sp³-hybridized carbons (Fsp3) is 0.545. The molecule has 0 radical (unpaired) electrons. The number of aromatic nitrogens is 2. The first-order valence-corrected chi connectivity index (χ1v) is 12.3. The van der Waals surface area contributed by atoms with Crippen LogP contribution in [0.2, 0.25) is 0 Å². The lowest BCUT2D eigenvalue weighted by atomic mass is 10.2. The molecule has 2 aromatic rings. The summed E-state index contributed by atoms with van der Waals surface area (Å²) < 4.78 is 39.8. The number of sulfonamides is 1. The van der Waals surface area contributed by atoms with Crippen molar-refractivity contribution < 1.29 is 22.7 Å². The molecular weight excluding hydrogens is 432 g/mol. The second kappa shape index (κ2) is 9.21. The molecule has 10 heteroatoms. The fourth-order valence-electron chi connectivity index (χ4n) is 4.08. The lowest BCUT2D eigenvalue weighted by Gasteiger charge is -2.26. The first-order chi connectivity index (χ1) is 15.3. The molecule has 1 amide bonds. The van der Waals surface area contributed by atoms with Gasteiger partial charge in [0, 0.05) is 25.7 Å². The van der Waals surface area contributed by atoms with Gasteiger partial charge in [0.25, 0.3) is 0 Å². The largest absolute Gasteiger partial charge is 0.497 e. The Kier molecular flexibility index (Phi) is 6.55. The predicted octanol–water partition coefficient (Wildman–Crippen LogP) is 1.72. The van der Waals surface area contributed by atoms with Gasteiger partial charge in [-0.3, -0.25) is 9.48 Å². The number of carbonyl (C=O) groups excluding carboxylic acids is 1. The number of carbonyl (C=O) groups is 1. The van der Waals surface area contributed by atoms with Crippen LogP contribution in [0, 0.1) is 13.8 Å². The monoisotopic (exact) mass is 462 g/mol. The minimum absolute atomic E-state index is 0.0119. The molecule has 0 spiro atoms. The van der Waals surface area contributed by atoms with Gasteiger partial charge in [-0.1, -0.05) is 12.1 Å². The minimum atomic E-state index is -3.68. The number of rotatable bonds is 8. The van der Waals surface area contributed by atoms with Crippen LogP contribution in [0.4, 0.5) is 0 Å². The van der Waals surface area contributed by atoms with Gasteiger partial charge in [0.05, 0.1) is 31.7 Å². The molecule has 0 N–H and O–H groups in total. The first-order valence-electron chi connectivity index (χ1n) is 10.9. The molecule has 32 heavy (non-hydrogen) atoms. The summed E-state index contributed by atoms with van der Waals surface area (Å²) in [6.45, 7) is 5.31. The fourth-order valence-corrected chi connectivity index (χ4v) is 5.86. The van der Waals surface area contributed by atoms with E-state index in [0.29, 0.717) is 44.2 Å². The van der Waals surface area contributed by atoms with Crippen LogP contribution in [0.3, 0.4) is 0 Å². The summed E-state index contributed by atoms with van der Waals surface area (Å²) in [5.41, 5.74) is 1.92. The number of ether oxygens (including phenoxy) is 2. The van der Waals surface area contributed by atoms with Gasteiger partial charge in [0.1, 0.15) is 17.2 Å². The molecular formula is C22H30N4O5S. The van der Waals surface area contributed by atoms with Crippen molar-refractivity contribution in [3.05, 3.63) is 41.2 Å². The first kappa shape index (κ1) is 22.8. The number of morpholine rings is 1. The van der Waals surface area contributed by atoms with Crippen LogP contribution in [-0.4, -0.2) is 72.8 Å². The van der Waals surface area contributed by atoms with E-state index in [1.54, 1.807) is 21.0 Å². The van der Waals surface area contributed by atoms with Crippen LogP contribution in [-0.2, 0) is 32.6 Å². The van der Waals surface area contributed by atoms with Gasteiger partial charge in [-0.2, -0.15) is 9.40 Å². The van der Waals surface area contributed by atoms with E-state index < -0.39 is 10.0 Å². The van der Waals surface area contributed by atoms with Crippen molar-refractivity contribution in [2.24, 2.45) is 0 Å². The molecule has 1 aliphatic carbocycles. The number of aryl methyl sites for hydroxylation is 1. The Morgan fingerprint density at radius 1 is 1.19 bits per heavy atom. The van der Waals surface area contributed by atoms with Crippen molar-refractivity contribution in [2.45, 2.75) is 50.7 Å². The van der Waals surface area contributed by atoms with Crippen molar-refractivity contribution in [3.63, 3.8) is 0 Å².